The van der Waals surface area contributed by atoms with Crippen LogP contribution < -0.4 is 11.2 Å². The first kappa shape index (κ1) is 11.4. The molecule has 1 saturated carbocycles. The number of hydrogen-bond donors (Lipinski definition) is 1. The predicted molar refractivity (Wildman–Crippen MR) is 58.3 cm³/mol. The number of halogens is 2. The van der Waals surface area contributed by atoms with Gasteiger partial charge in [-0.15, -0.1) is 0 Å². The number of aromatic amines is 1. The third-order valence-corrected chi connectivity index (χ3v) is 3.53. The molecular weight excluding hydrogens is 235 g/mol. The standard InChI is InChI=1S/C10H12ClFN2O2/c1-5(6-3-2-4-6)14-9(15)7(12)8(11)13-10(14)16/h5-6H,2-4H2,1H3,(H,13,16). The maximum Gasteiger partial charge on any atom is 0.329 e. The molecule has 0 bridgehead atoms. The van der Waals surface area contributed by atoms with Crippen molar-refractivity contribution in [2.75, 3.05) is 0 Å². The zero-order valence-electron chi connectivity index (χ0n) is 8.80. The maximum absolute atomic E-state index is 13.3. The van der Waals surface area contributed by atoms with Gasteiger partial charge in [-0.2, -0.15) is 4.39 Å². The summed E-state index contributed by atoms with van der Waals surface area (Å²) in [5.74, 6) is -0.813. The van der Waals surface area contributed by atoms with Crippen molar-refractivity contribution >= 4 is 11.6 Å². The van der Waals surface area contributed by atoms with E-state index in [0.717, 1.165) is 23.8 Å². The summed E-state index contributed by atoms with van der Waals surface area (Å²) in [5.41, 5.74) is -1.58. The highest BCUT2D eigenvalue weighted by Gasteiger charge is 2.28. The summed E-state index contributed by atoms with van der Waals surface area (Å²) in [6.07, 6.45) is 3.03. The van der Waals surface area contributed by atoms with Gasteiger partial charge in [0.1, 0.15) is 0 Å². The van der Waals surface area contributed by atoms with Crippen molar-refractivity contribution in [3.63, 3.8) is 0 Å². The zero-order chi connectivity index (χ0) is 11.9. The molecule has 0 aromatic carbocycles. The topological polar surface area (TPSA) is 54.9 Å². The quantitative estimate of drug-likeness (QED) is 0.808. The lowest BCUT2D eigenvalue weighted by molar-refractivity contribution is 0.212. The average molecular weight is 247 g/mol. The average Bonchev–Trinajstić information content (AvgIpc) is 2.11. The molecule has 0 saturated heterocycles. The van der Waals surface area contributed by atoms with E-state index in [0.29, 0.717) is 0 Å². The lowest BCUT2D eigenvalue weighted by Crippen LogP contribution is -2.42. The summed E-state index contributed by atoms with van der Waals surface area (Å²) < 4.78 is 14.2. The van der Waals surface area contributed by atoms with E-state index in [1.54, 1.807) is 6.92 Å². The van der Waals surface area contributed by atoms with Gasteiger partial charge >= 0.3 is 5.69 Å². The van der Waals surface area contributed by atoms with Gasteiger partial charge in [0.05, 0.1) is 0 Å². The highest BCUT2D eigenvalue weighted by atomic mass is 35.5. The van der Waals surface area contributed by atoms with E-state index < -0.39 is 22.2 Å². The zero-order valence-corrected chi connectivity index (χ0v) is 9.55. The van der Waals surface area contributed by atoms with E-state index in [9.17, 15) is 14.0 Å². The molecule has 6 heteroatoms. The first-order valence-electron chi connectivity index (χ1n) is 5.22. The second kappa shape index (κ2) is 4.05. The minimum Gasteiger partial charge on any atom is -0.295 e. The third kappa shape index (κ3) is 1.69. The minimum absolute atomic E-state index is 0.277. The van der Waals surface area contributed by atoms with Crippen molar-refractivity contribution in [2.24, 2.45) is 5.92 Å². The molecule has 2 rings (SSSR count). The molecule has 1 fully saturated rings. The molecule has 1 atom stereocenters. The van der Waals surface area contributed by atoms with Crippen molar-refractivity contribution in [3.8, 4) is 0 Å². The van der Waals surface area contributed by atoms with Crippen LogP contribution in [-0.2, 0) is 0 Å². The second-order valence-corrected chi connectivity index (χ2v) is 4.54. The fourth-order valence-electron chi connectivity index (χ4n) is 2.00. The Hall–Kier alpha value is -1.10. The molecule has 88 valence electrons. The van der Waals surface area contributed by atoms with E-state index in [1.807, 2.05) is 0 Å². The van der Waals surface area contributed by atoms with Gasteiger partial charge < -0.3 is 0 Å². The highest BCUT2D eigenvalue weighted by molar-refractivity contribution is 6.29. The Bertz CT molecular complexity index is 519. The first-order valence-corrected chi connectivity index (χ1v) is 5.60. The number of hydrogen-bond acceptors (Lipinski definition) is 2. The van der Waals surface area contributed by atoms with Crippen molar-refractivity contribution in [1.29, 1.82) is 0 Å². The van der Waals surface area contributed by atoms with Crippen LogP contribution in [0, 0.1) is 11.7 Å². The normalized spacial score (nSPS) is 18.2. The molecule has 0 radical (unpaired) electrons. The Balaban J connectivity index is 2.51. The highest BCUT2D eigenvalue weighted by Crippen LogP contribution is 2.34. The molecule has 0 spiro atoms. The van der Waals surface area contributed by atoms with Gasteiger partial charge in [-0.1, -0.05) is 18.0 Å². The molecule has 0 amide bonds. The van der Waals surface area contributed by atoms with Crippen LogP contribution in [0.15, 0.2) is 9.59 Å². The fraction of sp³-hybridized carbons (Fsp3) is 0.600. The Labute approximate surface area is 96.1 Å². The lowest BCUT2D eigenvalue weighted by Gasteiger charge is -2.31. The summed E-state index contributed by atoms with van der Waals surface area (Å²) in [4.78, 5) is 25.3. The molecule has 1 aromatic rings. The van der Waals surface area contributed by atoms with Crippen LogP contribution in [0.5, 0.6) is 0 Å². The molecule has 1 N–H and O–H groups in total. The Morgan fingerprint density at radius 3 is 2.62 bits per heavy atom. The van der Waals surface area contributed by atoms with E-state index in [2.05, 4.69) is 4.98 Å². The molecule has 0 aliphatic heterocycles. The van der Waals surface area contributed by atoms with Crippen molar-refractivity contribution < 1.29 is 4.39 Å². The summed E-state index contributed by atoms with van der Waals surface area (Å²) in [6.45, 7) is 1.76. The van der Waals surface area contributed by atoms with Crippen LogP contribution in [0.2, 0.25) is 5.15 Å². The Morgan fingerprint density at radius 2 is 2.12 bits per heavy atom. The SMILES string of the molecule is CC(C1CCC1)n1c(=O)[nH]c(Cl)c(F)c1=O. The summed E-state index contributed by atoms with van der Waals surface area (Å²) in [5, 5.41) is -0.521. The molecule has 4 nitrogen and oxygen atoms in total. The van der Waals surface area contributed by atoms with Crippen molar-refractivity contribution in [2.45, 2.75) is 32.2 Å². The summed E-state index contributed by atoms with van der Waals surface area (Å²) in [7, 11) is 0. The number of H-pyrrole nitrogens is 1. The molecule has 1 unspecified atom stereocenters. The second-order valence-electron chi connectivity index (χ2n) is 4.16. The molecular formula is C10H12ClFN2O2. The lowest BCUT2D eigenvalue weighted by atomic mass is 9.80. The number of nitrogens with zero attached hydrogens (tertiary/aromatic N) is 1. The molecule has 1 aliphatic rings. The molecule has 1 aromatic heterocycles. The largest absolute Gasteiger partial charge is 0.329 e. The molecule has 16 heavy (non-hydrogen) atoms. The van der Waals surface area contributed by atoms with Crippen LogP contribution in [0.3, 0.4) is 0 Å². The molecule has 1 heterocycles. The number of aromatic nitrogens is 2. The fourth-order valence-corrected chi connectivity index (χ4v) is 2.17. The van der Waals surface area contributed by atoms with Gasteiger partial charge in [0.15, 0.2) is 5.15 Å². The van der Waals surface area contributed by atoms with Gasteiger partial charge in [-0.25, -0.2) is 4.79 Å². The van der Waals surface area contributed by atoms with Gasteiger partial charge in [0, 0.05) is 6.04 Å². The van der Waals surface area contributed by atoms with Crippen LogP contribution >= 0.6 is 11.6 Å². The van der Waals surface area contributed by atoms with Gasteiger partial charge in [-0.05, 0) is 25.7 Å². The van der Waals surface area contributed by atoms with Crippen LogP contribution in [0.25, 0.3) is 0 Å². The predicted octanol–water partition coefficient (Wildman–Crippen LogP) is 1.69. The van der Waals surface area contributed by atoms with E-state index in [1.165, 1.54) is 0 Å². The van der Waals surface area contributed by atoms with Gasteiger partial charge in [0.2, 0.25) is 5.82 Å². The van der Waals surface area contributed by atoms with E-state index >= 15 is 0 Å². The van der Waals surface area contributed by atoms with Crippen LogP contribution in [0.4, 0.5) is 4.39 Å². The summed E-state index contributed by atoms with van der Waals surface area (Å²) >= 11 is 5.38. The third-order valence-electron chi connectivity index (χ3n) is 3.27. The number of rotatable bonds is 2. The number of nitrogens with one attached hydrogen (secondary N) is 1. The maximum atomic E-state index is 13.3. The minimum atomic E-state index is -1.09. The van der Waals surface area contributed by atoms with E-state index in [-0.39, 0.29) is 12.0 Å². The van der Waals surface area contributed by atoms with E-state index in [4.69, 9.17) is 11.6 Å². The van der Waals surface area contributed by atoms with Gasteiger partial charge in [0.25, 0.3) is 5.56 Å². The van der Waals surface area contributed by atoms with Gasteiger partial charge in [-0.3, -0.25) is 14.3 Å². The monoisotopic (exact) mass is 246 g/mol. The smallest absolute Gasteiger partial charge is 0.295 e. The first-order chi connectivity index (χ1) is 7.52. The van der Waals surface area contributed by atoms with Crippen LogP contribution in [0.1, 0.15) is 32.2 Å². The Morgan fingerprint density at radius 1 is 1.50 bits per heavy atom. The summed E-state index contributed by atoms with van der Waals surface area (Å²) in [6, 6.07) is -0.281. The van der Waals surface area contributed by atoms with Crippen molar-refractivity contribution in [3.05, 3.63) is 31.8 Å². The van der Waals surface area contributed by atoms with Crippen LogP contribution in [-0.4, -0.2) is 9.55 Å². The molecule has 1 aliphatic carbocycles. The Kier molecular flexibility index (Phi) is 2.88. The van der Waals surface area contributed by atoms with Crippen molar-refractivity contribution in [1.82, 2.24) is 9.55 Å².